The lowest BCUT2D eigenvalue weighted by Gasteiger charge is -2.03. The molecular formula is C14H11ClN2O2. The van der Waals surface area contributed by atoms with Gasteiger partial charge in [-0.1, -0.05) is 30.3 Å². The minimum Gasteiger partial charge on any atom is -0.469 e. The van der Waals surface area contributed by atoms with Crippen molar-refractivity contribution in [3.63, 3.8) is 0 Å². The molecule has 2 aromatic heterocycles. The van der Waals surface area contributed by atoms with E-state index in [2.05, 4.69) is 10.2 Å². The number of aryl methyl sites for hydroxylation is 1. The molecule has 0 N–H and O–H groups in total. The fourth-order valence-electron chi connectivity index (χ4n) is 1.77. The fraction of sp³-hybridized carbons (Fsp3) is 0.143. The average molecular weight is 275 g/mol. The summed E-state index contributed by atoms with van der Waals surface area (Å²) >= 11 is 6.32. The molecule has 3 rings (SSSR count). The second-order valence-corrected chi connectivity index (χ2v) is 4.60. The maximum Gasteiger partial charge on any atom is 0.251 e. The molecule has 0 aliphatic rings. The Morgan fingerprint density at radius 2 is 1.95 bits per heavy atom. The van der Waals surface area contributed by atoms with Crippen LogP contribution in [0.3, 0.4) is 0 Å². The van der Waals surface area contributed by atoms with Gasteiger partial charge in [-0.25, -0.2) is 0 Å². The van der Waals surface area contributed by atoms with E-state index >= 15 is 0 Å². The van der Waals surface area contributed by atoms with Gasteiger partial charge in [0.2, 0.25) is 5.89 Å². The molecule has 0 amide bonds. The van der Waals surface area contributed by atoms with Crippen molar-refractivity contribution in [1.82, 2.24) is 10.2 Å². The van der Waals surface area contributed by atoms with E-state index in [9.17, 15) is 0 Å². The summed E-state index contributed by atoms with van der Waals surface area (Å²) in [6, 6.07) is 11.4. The van der Waals surface area contributed by atoms with Crippen LogP contribution in [0.25, 0.3) is 11.5 Å². The van der Waals surface area contributed by atoms with E-state index in [0.717, 1.165) is 16.9 Å². The van der Waals surface area contributed by atoms with E-state index < -0.39 is 5.38 Å². The Kier molecular flexibility index (Phi) is 3.09. The molecule has 3 aromatic rings. The molecule has 0 aliphatic carbocycles. The molecule has 0 aliphatic heterocycles. The summed E-state index contributed by atoms with van der Waals surface area (Å²) in [6.07, 6.45) is 1.58. The second-order valence-electron chi connectivity index (χ2n) is 4.16. The lowest BCUT2D eigenvalue weighted by Crippen LogP contribution is -1.92. The van der Waals surface area contributed by atoms with Crippen LogP contribution in [-0.2, 0) is 0 Å². The van der Waals surface area contributed by atoms with Gasteiger partial charge in [0.05, 0.1) is 5.56 Å². The van der Waals surface area contributed by atoms with Gasteiger partial charge in [0.1, 0.15) is 17.4 Å². The minimum absolute atomic E-state index is 0.377. The zero-order chi connectivity index (χ0) is 13.2. The van der Waals surface area contributed by atoms with Crippen LogP contribution in [0.1, 0.15) is 22.6 Å². The Morgan fingerprint density at radius 1 is 1.16 bits per heavy atom. The summed E-state index contributed by atoms with van der Waals surface area (Å²) in [5.74, 6) is 1.58. The smallest absolute Gasteiger partial charge is 0.251 e. The predicted octanol–water partition coefficient (Wildman–Crippen LogP) is 3.97. The molecule has 0 fully saturated rings. The quantitative estimate of drug-likeness (QED) is 0.678. The summed E-state index contributed by atoms with van der Waals surface area (Å²) in [7, 11) is 0. The van der Waals surface area contributed by atoms with Crippen LogP contribution in [0, 0.1) is 6.92 Å². The Hall–Kier alpha value is -2.07. The van der Waals surface area contributed by atoms with Crippen LogP contribution in [0.5, 0.6) is 0 Å². The van der Waals surface area contributed by atoms with Gasteiger partial charge >= 0.3 is 0 Å². The van der Waals surface area contributed by atoms with Gasteiger partial charge in [0.15, 0.2) is 0 Å². The highest BCUT2D eigenvalue weighted by atomic mass is 35.5. The first kappa shape index (κ1) is 12.0. The number of rotatable bonds is 3. The number of halogens is 1. The molecule has 96 valence electrons. The summed E-state index contributed by atoms with van der Waals surface area (Å²) in [4.78, 5) is 0. The van der Waals surface area contributed by atoms with Crippen molar-refractivity contribution < 1.29 is 8.83 Å². The van der Waals surface area contributed by atoms with Gasteiger partial charge < -0.3 is 8.83 Å². The third kappa shape index (κ3) is 2.39. The van der Waals surface area contributed by atoms with Crippen LogP contribution in [0.4, 0.5) is 0 Å². The van der Waals surface area contributed by atoms with Gasteiger partial charge in [-0.3, -0.25) is 0 Å². The SMILES string of the molecule is Cc1cc(-c2nnc(C(Cl)c3ccccc3)o2)co1. The maximum atomic E-state index is 6.32. The van der Waals surface area contributed by atoms with E-state index in [4.69, 9.17) is 20.4 Å². The highest BCUT2D eigenvalue weighted by Gasteiger charge is 2.19. The fourth-order valence-corrected chi connectivity index (χ4v) is 2.01. The van der Waals surface area contributed by atoms with Crippen molar-refractivity contribution in [3.05, 3.63) is 59.9 Å². The third-order valence-electron chi connectivity index (χ3n) is 2.73. The third-order valence-corrected chi connectivity index (χ3v) is 3.17. The molecule has 1 aromatic carbocycles. The van der Waals surface area contributed by atoms with Gasteiger partial charge in [0, 0.05) is 0 Å². The molecule has 2 heterocycles. The molecule has 1 unspecified atom stereocenters. The molecule has 19 heavy (non-hydrogen) atoms. The van der Waals surface area contributed by atoms with E-state index in [-0.39, 0.29) is 0 Å². The number of furan rings is 1. The highest BCUT2D eigenvalue weighted by Crippen LogP contribution is 2.30. The zero-order valence-corrected chi connectivity index (χ0v) is 11.0. The second kappa shape index (κ2) is 4.90. The minimum atomic E-state index is -0.449. The first-order valence-corrected chi connectivity index (χ1v) is 6.25. The van der Waals surface area contributed by atoms with Crippen molar-refractivity contribution in [3.8, 4) is 11.5 Å². The number of hydrogen-bond acceptors (Lipinski definition) is 4. The summed E-state index contributed by atoms with van der Waals surface area (Å²) in [5.41, 5.74) is 1.68. The number of aromatic nitrogens is 2. The van der Waals surface area contributed by atoms with Gasteiger partial charge in [-0.05, 0) is 18.6 Å². The Labute approximate surface area is 115 Å². The molecule has 0 radical (unpaired) electrons. The standard InChI is InChI=1S/C14H11ClN2O2/c1-9-7-11(8-18-9)13-16-17-14(19-13)12(15)10-5-3-2-4-6-10/h2-8,12H,1H3. The Morgan fingerprint density at radius 3 is 2.63 bits per heavy atom. The van der Waals surface area contributed by atoms with Crippen LogP contribution in [-0.4, -0.2) is 10.2 Å². The summed E-state index contributed by atoms with van der Waals surface area (Å²) in [5, 5.41) is 7.52. The number of benzene rings is 1. The Balaban J connectivity index is 1.89. The first-order valence-electron chi connectivity index (χ1n) is 5.82. The summed E-state index contributed by atoms with van der Waals surface area (Å²) < 4.78 is 10.8. The van der Waals surface area contributed by atoms with Crippen LogP contribution >= 0.6 is 11.6 Å². The lowest BCUT2D eigenvalue weighted by molar-refractivity contribution is 0.509. The van der Waals surface area contributed by atoms with Crippen molar-refractivity contribution in [2.24, 2.45) is 0 Å². The molecule has 0 saturated carbocycles. The zero-order valence-electron chi connectivity index (χ0n) is 10.2. The normalized spacial score (nSPS) is 12.5. The van der Waals surface area contributed by atoms with Crippen molar-refractivity contribution >= 4 is 11.6 Å². The molecule has 1 atom stereocenters. The van der Waals surface area contributed by atoms with Crippen LogP contribution in [0.15, 0.2) is 51.5 Å². The molecule has 5 heteroatoms. The number of nitrogens with zero attached hydrogens (tertiary/aromatic N) is 2. The van der Waals surface area contributed by atoms with Gasteiger partial charge in [0.25, 0.3) is 5.89 Å². The number of alkyl halides is 1. The molecule has 4 nitrogen and oxygen atoms in total. The average Bonchev–Trinajstić information content (AvgIpc) is 3.07. The van der Waals surface area contributed by atoms with E-state index in [1.807, 2.05) is 43.3 Å². The van der Waals surface area contributed by atoms with Gasteiger partial charge in [-0.2, -0.15) is 0 Å². The monoisotopic (exact) mass is 274 g/mol. The van der Waals surface area contributed by atoms with Crippen LogP contribution < -0.4 is 0 Å². The highest BCUT2D eigenvalue weighted by molar-refractivity contribution is 6.22. The molecule has 0 saturated heterocycles. The first-order chi connectivity index (χ1) is 9.24. The van der Waals surface area contributed by atoms with E-state index in [1.54, 1.807) is 6.26 Å². The van der Waals surface area contributed by atoms with E-state index in [1.165, 1.54) is 0 Å². The van der Waals surface area contributed by atoms with E-state index in [0.29, 0.717) is 11.8 Å². The molecular weight excluding hydrogens is 264 g/mol. The summed E-state index contributed by atoms with van der Waals surface area (Å²) in [6.45, 7) is 1.86. The van der Waals surface area contributed by atoms with Crippen LogP contribution in [0.2, 0.25) is 0 Å². The topological polar surface area (TPSA) is 52.1 Å². The Bertz CT molecular complexity index is 676. The maximum absolute atomic E-state index is 6.32. The molecule has 0 spiro atoms. The predicted molar refractivity (Wildman–Crippen MR) is 70.9 cm³/mol. The lowest BCUT2D eigenvalue weighted by atomic mass is 10.1. The largest absolute Gasteiger partial charge is 0.469 e. The number of hydrogen-bond donors (Lipinski definition) is 0. The van der Waals surface area contributed by atoms with Crippen molar-refractivity contribution in [2.45, 2.75) is 12.3 Å². The van der Waals surface area contributed by atoms with Crippen molar-refractivity contribution in [2.75, 3.05) is 0 Å². The van der Waals surface area contributed by atoms with Gasteiger partial charge in [-0.15, -0.1) is 21.8 Å². The van der Waals surface area contributed by atoms with Crippen molar-refractivity contribution in [1.29, 1.82) is 0 Å². The molecule has 0 bridgehead atoms.